The van der Waals surface area contributed by atoms with Crippen LogP contribution in [0.1, 0.15) is 17.8 Å². The van der Waals surface area contributed by atoms with Gasteiger partial charge in [-0.15, -0.1) is 0 Å². The molecule has 0 atom stereocenters. The summed E-state index contributed by atoms with van der Waals surface area (Å²) in [4.78, 5) is 9.14. The van der Waals surface area contributed by atoms with Crippen molar-refractivity contribution in [2.24, 2.45) is 0 Å². The largest absolute Gasteiger partial charge is 0.493 e. The van der Waals surface area contributed by atoms with Crippen molar-refractivity contribution in [3.63, 3.8) is 0 Å². The van der Waals surface area contributed by atoms with E-state index >= 15 is 0 Å². The van der Waals surface area contributed by atoms with Gasteiger partial charge in [-0.25, -0.2) is 9.97 Å². The molecule has 0 spiro atoms. The third-order valence-corrected chi connectivity index (χ3v) is 3.59. The number of fused-ring (bicyclic) bond motifs is 1. The molecule has 0 radical (unpaired) electrons. The molecule has 0 unspecified atom stereocenters. The van der Waals surface area contributed by atoms with Gasteiger partial charge in [0.05, 0.1) is 19.1 Å². The number of imidazole rings is 1. The number of aryl methyl sites for hydroxylation is 2. The van der Waals surface area contributed by atoms with Gasteiger partial charge in [0.2, 0.25) is 0 Å². The minimum atomic E-state index is 0.438. The van der Waals surface area contributed by atoms with Crippen LogP contribution in [0.2, 0.25) is 0 Å². The van der Waals surface area contributed by atoms with E-state index in [-0.39, 0.29) is 0 Å². The number of nitrogens with zero attached hydrogens (tertiary/aromatic N) is 4. The van der Waals surface area contributed by atoms with Crippen molar-refractivity contribution in [1.29, 1.82) is 5.26 Å². The fourth-order valence-electron chi connectivity index (χ4n) is 2.52. The van der Waals surface area contributed by atoms with Gasteiger partial charge in [0.1, 0.15) is 17.1 Å². The van der Waals surface area contributed by atoms with Crippen LogP contribution in [0.5, 0.6) is 5.75 Å². The lowest BCUT2D eigenvalue weighted by Gasteiger charge is -2.08. The summed E-state index contributed by atoms with van der Waals surface area (Å²) < 4.78 is 7.77. The average Bonchev–Trinajstić information content (AvgIpc) is 2.90. The number of ether oxygens (including phenoxy) is 1. The highest BCUT2D eigenvalue weighted by atomic mass is 16.5. The van der Waals surface area contributed by atoms with Gasteiger partial charge in [-0.3, -0.25) is 0 Å². The third kappa shape index (κ3) is 3.49. The molecule has 0 aliphatic carbocycles. The Morgan fingerprint density at radius 1 is 1.26 bits per heavy atom. The van der Waals surface area contributed by atoms with Gasteiger partial charge in [0.25, 0.3) is 0 Å². The molecule has 0 fully saturated rings. The van der Waals surface area contributed by atoms with Crippen molar-refractivity contribution in [2.45, 2.75) is 26.3 Å². The highest BCUT2D eigenvalue weighted by Crippen LogP contribution is 2.17. The van der Waals surface area contributed by atoms with Crippen molar-refractivity contribution in [3.8, 4) is 11.8 Å². The summed E-state index contributed by atoms with van der Waals surface area (Å²) in [5.41, 5.74) is 2.78. The van der Waals surface area contributed by atoms with Gasteiger partial charge in [0, 0.05) is 19.2 Å². The van der Waals surface area contributed by atoms with Crippen LogP contribution in [0.4, 0.5) is 0 Å². The molecule has 23 heavy (non-hydrogen) atoms. The van der Waals surface area contributed by atoms with Crippen molar-refractivity contribution >= 4 is 11.2 Å². The topological polar surface area (TPSA) is 63.7 Å². The van der Waals surface area contributed by atoms with E-state index in [0.717, 1.165) is 28.3 Å². The van der Waals surface area contributed by atoms with Gasteiger partial charge in [0.15, 0.2) is 5.65 Å². The Morgan fingerprint density at radius 2 is 2.09 bits per heavy atom. The summed E-state index contributed by atoms with van der Waals surface area (Å²) >= 11 is 0. The van der Waals surface area contributed by atoms with Crippen LogP contribution in [0, 0.1) is 18.3 Å². The Kier molecular flexibility index (Phi) is 4.53. The fourth-order valence-corrected chi connectivity index (χ4v) is 2.52. The fraction of sp³-hybridized carbons (Fsp3) is 0.278. The summed E-state index contributed by atoms with van der Waals surface area (Å²) in [5, 5.41) is 8.87. The second kappa shape index (κ2) is 6.93. The van der Waals surface area contributed by atoms with Crippen LogP contribution in [0.3, 0.4) is 0 Å². The van der Waals surface area contributed by atoms with Gasteiger partial charge >= 0.3 is 0 Å². The Balaban J connectivity index is 1.79. The van der Waals surface area contributed by atoms with E-state index in [0.29, 0.717) is 26.0 Å². The maximum absolute atomic E-state index is 8.87. The Bertz CT molecular complexity index is 833. The zero-order valence-electron chi connectivity index (χ0n) is 13.1. The van der Waals surface area contributed by atoms with E-state index in [9.17, 15) is 0 Å². The number of pyridine rings is 1. The zero-order valence-corrected chi connectivity index (χ0v) is 13.1. The summed E-state index contributed by atoms with van der Waals surface area (Å²) in [6, 6.07) is 13.9. The Labute approximate surface area is 135 Å². The number of aromatic nitrogens is 3. The maximum atomic E-state index is 8.87. The van der Waals surface area contributed by atoms with Gasteiger partial charge < -0.3 is 9.30 Å². The molecular formula is C18H18N4O. The molecule has 5 nitrogen and oxygen atoms in total. The summed E-state index contributed by atoms with van der Waals surface area (Å²) in [5.74, 6) is 1.76. The molecule has 5 heteroatoms. The predicted octanol–water partition coefficient (Wildman–Crippen LogP) is 3.27. The molecule has 0 bridgehead atoms. The van der Waals surface area contributed by atoms with E-state index in [4.69, 9.17) is 10.00 Å². The van der Waals surface area contributed by atoms with Crippen molar-refractivity contribution in [1.82, 2.24) is 14.5 Å². The first-order chi connectivity index (χ1) is 11.3. The second-order valence-electron chi connectivity index (χ2n) is 5.35. The lowest BCUT2D eigenvalue weighted by atomic mass is 10.3. The van der Waals surface area contributed by atoms with Gasteiger partial charge in [-0.05, 0) is 30.7 Å². The van der Waals surface area contributed by atoms with Crippen LogP contribution >= 0.6 is 0 Å². The Hall–Kier alpha value is -2.87. The number of benzene rings is 1. The smallest absolute Gasteiger partial charge is 0.160 e. The minimum Gasteiger partial charge on any atom is -0.493 e. The number of hydrogen-bond donors (Lipinski definition) is 0. The molecule has 0 saturated heterocycles. The number of hydrogen-bond acceptors (Lipinski definition) is 4. The molecule has 2 heterocycles. The maximum Gasteiger partial charge on any atom is 0.160 e. The Morgan fingerprint density at radius 3 is 2.87 bits per heavy atom. The zero-order chi connectivity index (χ0) is 16.1. The molecule has 116 valence electrons. The number of rotatable bonds is 6. The van der Waals surface area contributed by atoms with E-state index in [2.05, 4.69) is 16.0 Å². The van der Waals surface area contributed by atoms with Crippen LogP contribution in [-0.2, 0) is 13.0 Å². The first kappa shape index (κ1) is 15.0. The number of nitriles is 1. The minimum absolute atomic E-state index is 0.438. The average molecular weight is 306 g/mol. The standard InChI is InChI=1S/C18H18N4O/c1-14-12-16-18(20-13-14)22(10-5-9-19)17(21-16)8-11-23-15-6-3-2-4-7-15/h2-4,6-7,12-13H,5,8,10-11H2,1H3. The predicted molar refractivity (Wildman–Crippen MR) is 88.1 cm³/mol. The highest BCUT2D eigenvalue weighted by Gasteiger charge is 2.12. The summed E-state index contributed by atoms with van der Waals surface area (Å²) in [6.45, 7) is 3.14. The molecule has 3 rings (SSSR count). The SMILES string of the molecule is Cc1cnc2c(c1)nc(CCOc1ccccc1)n2CCC#N. The molecule has 0 saturated carbocycles. The van der Waals surface area contributed by atoms with E-state index < -0.39 is 0 Å². The van der Waals surface area contributed by atoms with Crippen LogP contribution in [0.25, 0.3) is 11.2 Å². The molecule has 2 aromatic heterocycles. The molecular weight excluding hydrogens is 288 g/mol. The van der Waals surface area contributed by atoms with Crippen molar-refractivity contribution in [2.75, 3.05) is 6.61 Å². The second-order valence-corrected chi connectivity index (χ2v) is 5.35. The first-order valence-corrected chi connectivity index (χ1v) is 7.64. The lowest BCUT2D eigenvalue weighted by Crippen LogP contribution is -2.09. The normalized spacial score (nSPS) is 10.6. The van der Waals surface area contributed by atoms with Gasteiger partial charge in [-0.1, -0.05) is 18.2 Å². The van der Waals surface area contributed by atoms with Gasteiger partial charge in [-0.2, -0.15) is 5.26 Å². The van der Waals surface area contributed by atoms with Crippen LogP contribution in [0.15, 0.2) is 42.6 Å². The van der Waals surface area contributed by atoms with Crippen LogP contribution in [-0.4, -0.2) is 21.1 Å². The van der Waals surface area contributed by atoms with E-state index in [1.807, 2.05) is 54.1 Å². The molecule has 0 N–H and O–H groups in total. The summed E-state index contributed by atoms with van der Waals surface area (Å²) in [7, 11) is 0. The van der Waals surface area contributed by atoms with Crippen molar-refractivity contribution < 1.29 is 4.74 Å². The molecule has 0 aliphatic rings. The molecule has 3 aromatic rings. The number of para-hydroxylation sites is 1. The molecule has 0 aliphatic heterocycles. The first-order valence-electron chi connectivity index (χ1n) is 7.64. The van der Waals surface area contributed by atoms with E-state index in [1.54, 1.807) is 0 Å². The monoisotopic (exact) mass is 306 g/mol. The van der Waals surface area contributed by atoms with Crippen LogP contribution < -0.4 is 4.74 Å². The molecule has 0 amide bonds. The third-order valence-electron chi connectivity index (χ3n) is 3.59. The van der Waals surface area contributed by atoms with Crippen molar-refractivity contribution in [3.05, 3.63) is 54.0 Å². The molecule has 1 aromatic carbocycles. The quantitative estimate of drug-likeness (QED) is 0.701. The van der Waals surface area contributed by atoms with E-state index in [1.165, 1.54) is 0 Å². The highest BCUT2D eigenvalue weighted by molar-refractivity contribution is 5.72. The summed E-state index contributed by atoms with van der Waals surface area (Å²) in [6.07, 6.45) is 2.94. The lowest BCUT2D eigenvalue weighted by molar-refractivity contribution is 0.317.